The Morgan fingerprint density at radius 1 is 1.06 bits per heavy atom. The SMILES string of the molecule is CCCCn1c(=O)n(CC)c2ccccc21. The smallest absolute Gasteiger partial charge is 0.292 e. The van der Waals surface area contributed by atoms with Gasteiger partial charge in [-0.05, 0) is 25.5 Å². The lowest BCUT2D eigenvalue weighted by atomic mass is 10.3. The number of rotatable bonds is 4. The van der Waals surface area contributed by atoms with Crippen molar-refractivity contribution in [3.63, 3.8) is 0 Å². The third kappa shape index (κ3) is 1.66. The Morgan fingerprint density at radius 2 is 1.69 bits per heavy atom. The lowest BCUT2D eigenvalue weighted by Gasteiger charge is -2.00. The average molecular weight is 218 g/mol. The molecule has 0 spiro atoms. The van der Waals surface area contributed by atoms with E-state index in [1.54, 1.807) is 0 Å². The van der Waals surface area contributed by atoms with Crippen LogP contribution in [-0.4, -0.2) is 9.13 Å². The van der Waals surface area contributed by atoms with Gasteiger partial charge in [-0.2, -0.15) is 0 Å². The predicted molar refractivity (Wildman–Crippen MR) is 66.8 cm³/mol. The van der Waals surface area contributed by atoms with E-state index in [0.29, 0.717) is 0 Å². The first-order valence-electron chi connectivity index (χ1n) is 5.97. The number of hydrogen-bond acceptors (Lipinski definition) is 1. The van der Waals surface area contributed by atoms with Crippen molar-refractivity contribution in [2.45, 2.75) is 39.8 Å². The fraction of sp³-hybridized carbons (Fsp3) is 0.462. The first-order chi connectivity index (χ1) is 7.79. The molecule has 3 nitrogen and oxygen atoms in total. The molecule has 0 bridgehead atoms. The molecule has 0 saturated carbocycles. The molecule has 1 aromatic heterocycles. The first kappa shape index (κ1) is 11.0. The molecule has 0 radical (unpaired) electrons. The van der Waals surface area contributed by atoms with Crippen molar-refractivity contribution in [3.8, 4) is 0 Å². The normalized spacial score (nSPS) is 11.1. The van der Waals surface area contributed by atoms with Crippen LogP contribution in [-0.2, 0) is 13.1 Å². The van der Waals surface area contributed by atoms with Crippen LogP contribution in [0.15, 0.2) is 29.1 Å². The summed E-state index contributed by atoms with van der Waals surface area (Å²) in [4.78, 5) is 12.2. The van der Waals surface area contributed by atoms with Crippen LogP contribution < -0.4 is 5.69 Å². The van der Waals surface area contributed by atoms with Gasteiger partial charge in [0.25, 0.3) is 0 Å². The number of nitrogens with zero attached hydrogens (tertiary/aromatic N) is 2. The van der Waals surface area contributed by atoms with Gasteiger partial charge in [-0.25, -0.2) is 4.79 Å². The summed E-state index contributed by atoms with van der Waals surface area (Å²) in [5.74, 6) is 0. The van der Waals surface area contributed by atoms with E-state index in [0.717, 1.165) is 37.0 Å². The number of unbranched alkanes of at least 4 members (excludes halogenated alkanes) is 1. The van der Waals surface area contributed by atoms with E-state index in [4.69, 9.17) is 0 Å². The standard InChI is InChI=1S/C13H18N2O/c1-3-5-10-15-12-9-7-6-8-11(12)14(4-2)13(15)16/h6-9H,3-5,10H2,1-2H3. The van der Waals surface area contributed by atoms with Crippen LogP contribution in [0.2, 0.25) is 0 Å². The van der Waals surface area contributed by atoms with Crippen molar-refractivity contribution >= 4 is 11.0 Å². The second kappa shape index (κ2) is 4.56. The van der Waals surface area contributed by atoms with Gasteiger partial charge in [-0.1, -0.05) is 25.5 Å². The minimum absolute atomic E-state index is 0.122. The number of para-hydroxylation sites is 2. The number of imidazole rings is 1. The molecule has 0 atom stereocenters. The molecule has 0 N–H and O–H groups in total. The van der Waals surface area contributed by atoms with Crippen LogP contribution in [0.25, 0.3) is 11.0 Å². The highest BCUT2D eigenvalue weighted by Crippen LogP contribution is 2.13. The van der Waals surface area contributed by atoms with E-state index in [2.05, 4.69) is 6.92 Å². The molecule has 2 aromatic rings. The van der Waals surface area contributed by atoms with Crippen molar-refractivity contribution in [2.75, 3.05) is 0 Å². The molecule has 2 rings (SSSR count). The van der Waals surface area contributed by atoms with Gasteiger partial charge in [-0.15, -0.1) is 0 Å². The summed E-state index contributed by atoms with van der Waals surface area (Å²) in [7, 11) is 0. The van der Waals surface area contributed by atoms with E-state index in [-0.39, 0.29) is 5.69 Å². The van der Waals surface area contributed by atoms with Gasteiger partial charge < -0.3 is 0 Å². The molecule has 0 amide bonds. The van der Waals surface area contributed by atoms with Gasteiger partial charge in [0.2, 0.25) is 0 Å². The lowest BCUT2D eigenvalue weighted by Crippen LogP contribution is -2.23. The first-order valence-corrected chi connectivity index (χ1v) is 5.97. The van der Waals surface area contributed by atoms with Crippen LogP contribution in [0.3, 0.4) is 0 Å². The topological polar surface area (TPSA) is 26.9 Å². The largest absolute Gasteiger partial charge is 0.329 e. The van der Waals surface area contributed by atoms with Gasteiger partial charge >= 0.3 is 5.69 Å². The van der Waals surface area contributed by atoms with Gasteiger partial charge in [-0.3, -0.25) is 9.13 Å². The van der Waals surface area contributed by atoms with Crippen LogP contribution in [0.5, 0.6) is 0 Å². The number of aromatic nitrogens is 2. The highest BCUT2D eigenvalue weighted by molar-refractivity contribution is 5.75. The molecule has 0 unspecified atom stereocenters. The second-order valence-corrected chi connectivity index (χ2v) is 4.02. The maximum Gasteiger partial charge on any atom is 0.329 e. The summed E-state index contributed by atoms with van der Waals surface area (Å²) in [6.45, 7) is 5.71. The molecular formula is C13H18N2O. The summed E-state index contributed by atoms with van der Waals surface area (Å²) in [5, 5.41) is 0. The Kier molecular flexibility index (Phi) is 3.13. The summed E-state index contributed by atoms with van der Waals surface area (Å²) < 4.78 is 3.73. The Hall–Kier alpha value is -1.51. The zero-order valence-electron chi connectivity index (χ0n) is 9.94. The van der Waals surface area contributed by atoms with Crippen LogP contribution in [0.4, 0.5) is 0 Å². The third-order valence-electron chi connectivity index (χ3n) is 2.98. The lowest BCUT2D eigenvalue weighted by molar-refractivity contribution is 0.602. The average Bonchev–Trinajstić information content (AvgIpc) is 2.58. The Bertz CT molecular complexity index is 536. The van der Waals surface area contributed by atoms with Crippen molar-refractivity contribution < 1.29 is 0 Å². The zero-order chi connectivity index (χ0) is 11.5. The van der Waals surface area contributed by atoms with E-state index in [1.807, 2.05) is 40.3 Å². The fourth-order valence-electron chi connectivity index (χ4n) is 2.11. The van der Waals surface area contributed by atoms with E-state index in [9.17, 15) is 4.79 Å². The molecule has 0 aliphatic carbocycles. The molecule has 16 heavy (non-hydrogen) atoms. The summed E-state index contributed by atoms with van der Waals surface area (Å²) in [5.41, 5.74) is 2.23. The van der Waals surface area contributed by atoms with Gasteiger partial charge in [0.1, 0.15) is 0 Å². The fourth-order valence-corrected chi connectivity index (χ4v) is 2.11. The van der Waals surface area contributed by atoms with E-state index < -0.39 is 0 Å². The Labute approximate surface area is 95.3 Å². The van der Waals surface area contributed by atoms with Crippen molar-refractivity contribution in [3.05, 3.63) is 34.7 Å². The highest BCUT2D eigenvalue weighted by Gasteiger charge is 2.10. The molecule has 0 saturated heterocycles. The van der Waals surface area contributed by atoms with Gasteiger partial charge in [0, 0.05) is 13.1 Å². The summed E-state index contributed by atoms with van der Waals surface area (Å²) in [6, 6.07) is 8.02. The van der Waals surface area contributed by atoms with Crippen molar-refractivity contribution in [2.24, 2.45) is 0 Å². The number of fused-ring (bicyclic) bond motifs is 1. The summed E-state index contributed by atoms with van der Waals surface area (Å²) >= 11 is 0. The predicted octanol–water partition coefficient (Wildman–Crippen LogP) is 2.62. The minimum atomic E-state index is 0.122. The molecule has 3 heteroatoms. The monoisotopic (exact) mass is 218 g/mol. The molecular weight excluding hydrogens is 200 g/mol. The molecule has 0 aliphatic heterocycles. The van der Waals surface area contributed by atoms with Crippen molar-refractivity contribution in [1.82, 2.24) is 9.13 Å². The van der Waals surface area contributed by atoms with Crippen LogP contribution in [0, 0.1) is 0 Å². The number of aryl methyl sites for hydroxylation is 2. The molecule has 0 aliphatic rings. The molecule has 0 fully saturated rings. The quantitative estimate of drug-likeness (QED) is 0.775. The Balaban J connectivity index is 2.63. The second-order valence-electron chi connectivity index (χ2n) is 4.02. The third-order valence-corrected chi connectivity index (χ3v) is 2.98. The number of hydrogen-bond donors (Lipinski definition) is 0. The van der Waals surface area contributed by atoms with Gasteiger partial charge in [0.05, 0.1) is 11.0 Å². The molecule has 1 heterocycles. The highest BCUT2D eigenvalue weighted by atomic mass is 16.1. The van der Waals surface area contributed by atoms with Crippen LogP contribution in [0.1, 0.15) is 26.7 Å². The summed E-state index contributed by atoms with van der Waals surface area (Å²) in [6.07, 6.45) is 2.16. The minimum Gasteiger partial charge on any atom is -0.292 e. The van der Waals surface area contributed by atoms with E-state index in [1.165, 1.54) is 0 Å². The van der Waals surface area contributed by atoms with Gasteiger partial charge in [0.15, 0.2) is 0 Å². The maximum absolute atomic E-state index is 12.2. The number of benzene rings is 1. The zero-order valence-corrected chi connectivity index (χ0v) is 9.94. The molecule has 1 aromatic carbocycles. The van der Waals surface area contributed by atoms with Crippen molar-refractivity contribution in [1.29, 1.82) is 0 Å². The van der Waals surface area contributed by atoms with E-state index >= 15 is 0 Å². The Morgan fingerprint density at radius 3 is 2.25 bits per heavy atom. The molecule has 86 valence electrons. The maximum atomic E-state index is 12.2. The van der Waals surface area contributed by atoms with Crippen LogP contribution >= 0.6 is 0 Å².